The lowest BCUT2D eigenvalue weighted by molar-refractivity contribution is 0.0976. The van der Waals surface area contributed by atoms with Crippen molar-refractivity contribution in [2.75, 3.05) is 0 Å². The molecule has 0 amide bonds. The number of carbonyl (C=O) groups is 2. The normalized spacial score (nSPS) is 14.4. The number of phenols is 2. The van der Waals surface area contributed by atoms with Gasteiger partial charge in [-0.2, -0.15) is 0 Å². The van der Waals surface area contributed by atoms with E-state index in [1.165, 1.54) is 18.2 Å². The van der Waals surface area contributed by atoms with Gasteiger partial charge in [0.2, 0.25) is 0 Å². The standard InChI is InChI=1S/C14H14O4/c1-2-3-4-8-7-11(17)12-9(15)5-6-10(16)13(12)14(8)18/h5-7,15-16H,2-4H2,1H3. The number of Topliss-reactive ketones (excluding diaryl/α,β-unsaturated/α-hetero) is 1. The molecule has 0 bridgehead atoms. The lowest BCUT2D eigenvalue weighted by atomic mass is 9.86. The molecule has 0 radical (unpaired) electrons. The van der Waals surface area contributed by atoms with E-state index >= 15 is 0 Å². The van der Waals surface area contributed by atoms with Gasteiger partial charge < -0.3 is 10.2 Å². The SMILES string of the molecule is CCCCC1=CC(=O)c2c(O)ccc(O)c2C1=O. The van der Waals surface area contributed by atoms with Crippen molar-refractivity contribution in [1.82, 2.24) is 0 Å². The lowest BCUT2D eigenvalue weighted by Gasteiger charge is -2.16. The van der Waals surface area contributed by atoms with Crippen LogP contribution in [0.15, 0.2) is 23.8 Å². The van der Waals surface area contributed by atoms with Crippen molar-refractivity contribution in [2.24, 2.45) is 0 Å². The molecule has 2 N–H and O–H groups in total. The minimum Gasteiger partial charge on any atom is -0.507 e. The molecule has 1 aliphatic carbocycles. The van der Waals surface area contributed by atoms with Gasteiger partial charge in [0.05, 0.1) is 11.1 Å². The molecule has 1 aromatic rings. The molecule has 0 atom stereocenters. The highest BCUT2D eigenvalue weighted by atomic mass is 16.3. The zero-order valence-corrected chi connectivity index (χ0v) is 10.1. The predicted molar refractivity (Wildman–Crippen MR) is 66.0 cm³/mol. The molecule has 18 heavy (non-hydrogen) atoms. The second kappa shape index (κ2) is 4.64. The Labute approximate surface area is 105 Å². The molecule has 94 valence electrons. The van der Waals surface area contributed by atoms with E-state index in [1.807, 2.05) is 6.92 Å². The maximum Gasteiger partial charge on any atom is 0.193 e. The number of hydrogen-bond donors (Lipinski definition) is 2. The van der Waals surface area contributed by atoms with E-state index in [0.717, 1.165) is 12.8 Å². The molecule has 0 saturated heterocycles. The molecular weight excluding hydrogens is 232 g/mol. The van der Waals surface area contributed by atoms with Gasteiger partial charge in [0, 0.05) is 5.57 Å². The van der Waals surface area contributed by atoms with Crippen LogP contribution in [0.2, 0.25) is 0 Å². The number of aromatic hydroxyl groups is 2. The number of unbranched alkanes of at least 4 members (excludes halogenated alkanes) is 1. The highest BCUT2D eigenvalue weighted by molar-refractivity contribution is 6.26. The first-order valence-corrected chi connectivity index (χ1v) is 5.90. The first-order valence-electron chi connectivity index (χ1n) is 5.90. The van der Waals surface area contributed by atoms with Crippen molar-refractivity contribution in [3.05, 3.63) is 34.9 Å². The summed E-state index contributed by atoms with van der Waals surface area (Å²) >= 11 is 0. The maximum absolute atomic E-state index is 12.1. The van der Waals surface area contributed by atoms with Crippen molar-refractivity contribution in [3.8, 4) is 11.5 Å². The molecule has 4 nitrogen and oxygen atoms in total. The Morgan fingerprint density at radius 1 is 1.06 bits per heavy atom. The van der Waals surface area contributed by atoms with Crippen LogP contribution in [0.1, 0.15) is 46.9 Å². The molecule has 0 aromatic heterocycles. The number of allylic oxidation sites excluding steroid dienone is 2. The summed E-state index contributed by atoms with van der Waals surface area (Å²) in [5.74, 6) is -1.33. The van der Waals surface area contributed by atoms with Crippen LogP contribution in [0.4, 0.5) is 0 Å². The molecule has 0 saturated carbocycles. The van der Waals surface area contributed by atoms with E-state index in [-0.39, 0.29) is 28.4 Å². The number of benzene rings is 1. The van der Waals surface area contributed by atoms with Crippen molar-refractivity contribution in [1.29, 1.82) is 0 Å². The van der Waals surface area contributed by atoms with Crippen LogP contribution < -0.4 is 0 Å². The average molecular weight is 246 g/mol. The van der Waals surface area contributed by atoms with E-state index in [4.69, 9.17) is 0 Å². The zero-order valence-electron chi connectivity index (χ0n) is 10.1. The summed E-state index contributed by atoms with van der Waals surface area (Å²) in [6.45, 7) is 1.99. The fraction of sp³-hybridized carbons (Fsp3) is 0.286. The Bertz CT molecular complexity index is 555. The Balaban J connectivity index is 2.51. The van der Waals surface area contributed by atoms with Crippen LogP contribution in [-0.4, -0.2) is 21.8 Å². The summed E-state index contributed by atoms with van der Waals surface area (Å²) in [4.78, 5) is 24.0. The van der Waals surface area contributed by atoms with Crippen LogP contribution in [0, 0.1) is 0 Å². The first-order chi connectivity index (χ1) is 8.56. The van der Waals surface area contributed by atoms with Crippen molar-refractivity contribution in [2.45, 2.75) is 26.2 Å². The van der Waals surface area contributed by atoms with E-state index in [0.29, 0.717) is 12.0 Å². The summed E-state index contributed by atoms with van der Waals surface area (Å²) in [5, 5.41) is 19.3. The predicted octanol–water partition coefficient (Wildman–Crippen LogP) is 2.59. The van der Waals surface area contributed by atoms with Crippen LogP contribution in [0.25, 0.3) is 0 Å². The van der Waals surface area contributed by atoms with Crippen molar-refractivity contribution in [3.63, 3.8) is 0 Å². The van der Waals surface area contributed by atoms with Crippen LogP contribution >= 0.6 is 0 Å². The number of hydrogen-bond acceptors (Lipinski definition) is 4. The van der Waals surface area contributed by atoms with E-state index in [9.17, 15) is 19.8 Å². The molecule has 0 aliphatic heterocycles. The highest BCUT2D eigenvalue weighted by Gasteiger charge is 2.30. The molecule has 1 aliphatic rings. The van der Waals surface area contributed by atoms with Gasteiger partial charge in [-0.3, -0.25) is 9.59 Å². The van der Waals surface area contributed by atoms with Crippen molar-refractivity contribution < 1.29 is 19.8 Å². The molecule has 0 heterocycles. The molecule has 4 heteroatoms. The Hall–Kier alpha value is -2.10. The average Bonchev–Trinajstić information content (AvgIpc) is 2.34. The maximum atomic E-state index is 12.1. The number of ketones is 2. The fourth-order valence-corrected chi connectivity index (χ4v) is 2.07. The molecule has 0 fully saturated rings. The molecule has 0 unspecified atom stereocenters. The topological polar surface area (TPSA) is 74.6 Å². The quantitative estimate of drug-likeness (QED) is 0.804. The largest absolute Gasteiger partial charge is 0.507 e. The second-order valence-electron chi connectivity index (χ2n) is 4.32. The summed E-state index contributed by atoms with van der Waals surface area (Å²) in [6.07, 6.45) is 3.49. The molecule has 0 spiro atoms. The summed E-state index contributed by atoms with van der Waals surface area (Å²) in [6, 6.07) is 2.44. The van der Waals surface area contributed by atoms with Gasteiger partial charge >= 0.3 is 0 Å². The van der Waals surface area contributed by atoms with Gasteiger partial charge in [0.15, 0.2) is 11.6 Å². The first kappa shape index (κ1) is 12.4. The summed E-state index contributed by atoms with van der Waals surface area (Å²) in [7, 11) is 0. The third-order valence-corrected chi connectivity index (χ3v) is 3.03. The minimum absolute atomic E-state index is 0.0754. The summed E-state index contributed by atoms with van der Waals surface area (Å²) < 4.78 is 0. The van der Waals surface area contributed by atoms with Crippen LogP contribution in [0.5, 0.6) is 11.5 Å². The third-order valence-electron chi connectivity index (χ3n) is 3.03. The van der Waals surface area contributed by atoms with Gasteiger partial charge in [-0.05, 0) is 31.1 Å². The Morgan fingerprint density at radius 2 is 1.67 bits per heavy atom. The number of phenolic OH excluding ortho intramolecular Hbond substituents is 2. The van der Waals surface area contributed by atoms with E-state index < -0.39 is 5.78 Å². The van der Waals surface area contributed by atoms with Gasteiger partial charge in [0.25, 0.3) is 0 Å². The van der Waals surface area contributed by atoms with Crippen molar-refractivity contribution >= 4 is 11.6 Å². The van der Waals surface area contributed by atoms with Crippen LogP contribution in [-0.2, 0) is 0 Å². The molecule has 1 aromatic carbocycles. The fourth-order valence-electron chi connectivity index (χ4n) is 2.07. The third kappa shape index (κ3) is 1.90. The number of rotatable bonds is 3. The lowest BCUT2D eigenvalue weighted by Crippen LogP contribution is -2.17. The van der Waals surface area contributed by atoms with Gasteiger partial charge in [-0.25, -0.2) is 0 Å². The zero-order chi connectivity index (χ0) is 13.3. The number of carbonyl (C=O) groups excluding carboxylic acids is 2. The van der Waals surface area contributed by atoms with E-state index in [1.54, 1.807) is 0 Å². The van der Waals surface area contributed by atoms with Gasteiger partial charge in [-0.15, -0.1) is 0 Å². The molecule has 2 rings (SSSR count). The monoisotopic (exact) mass is 246 g/mol. The van der Waals surface area contributed by atoms with Crippen LogP contribution in [0.3, 0.4) is 0 Å². The van der Waals surface area contributed by atoms with Gasteiger partial charge in [-0.1, -0.05) is 13.3 Å². The Kier molecular flexibility index (Phi) is 3.19. The number of fused-ring (bicyclic) bond motifs is 1. The minimum atomic E-state index is -0.427. The molecular formula is C14H14O4. The smallest absolute Gasteiger partial charge is 0.193 e. The summed E-state index contributed by atoms with van der Waals surface area (Å²) in [5.41, 5.74) is 0.226. The Morgan fingerprint density at radius 3 is 2.28 bits per heavy atom. The highest BCUT2D eigenvalue weighted by Crippen LogP contribution is 2.35. The van der Waals surface area contributed by atoms with Gasteiger partial charge in [0.1, 0.15) is 11.5 Å². The van der Waals surface area contributed by atoms with E-state index in [2.05, 4.69) is 0 Å². The second-order valence-corrected chi connectivity index (χ2v) is 4.32.